The molecule has 0 aliphatic carbocycles. The Morgan fingerprint density at radius 2 is 1.51 bits per heavy atom. The van der Waals surface area contributed by atoms with Crippen molar-refractivity contribution in [3.8, 4) is 22.6 Å². The van der Waals surface area contributed by atoms with E-state index < -0.39 is 0 Å². The highest BCUT2D eigenvalue weighted by Crippen LogP contribution is 2.33. The number of hydrogen-bond donors (Lipinski definition) is 1. The van der Waals surface area contributed by atoms with Crippen molar-refractivity contribution in [3.05, 3.63) is 82.3 Å². The molecule has 1 unspecified atom stereocenters. The molecule has 1 aromatic heterocycles. The number of methoxy groups -OCH3 is 2. The second-order valence-electron chi connectivity index (χ2n) is 7.41. The number of ether oxygens (including phenoxy) is 2. The van der Waals surface area contributed by atoms with Crippen LogP contribution in [-0.2, 0) is 0 Å². The van der Waals surface area contributed by atoms with Crippen LogP contribution >= 0.6 is 20.6 Å². The summed E-state index contributed by atoms with van der Waals surface area (Å²) in [7, 11) is 6.11. The minimum Gasteiger partial charge on any atom is -0.496 e. The lowest BCUT2D eigenvalue weighted by molar-refractivity contribution is 0.389. The molecule has 3 aromatic rings. The summed E-state index contributed by atoms with van der Waals surface area (Å²) in [6, 6.07) is 14.9. The summed E-state index contributed by atoms with van der Waals surface area (Å²) in [6.45, 7) is 21.4. The van der Waals surface area contributed by atoms with Gasteiger partial charge in [0.1, 0.15) is 11.5 Å². The highest BCUT2D eigenvalue weighted by atomic mass is 32.1. The van der Waals surface area contributed by atoms with Gasteiger partial charge in [0.2, 0.25) is 0 Å². The van der Waals surface area contributed by atoms with E-state index in [-0.39, 0.29) is 0 Å². The van der Waals surface area contributed by atoms with E-state index in [0.717, 1.165) is 29.3 Å². The van der Waals surface area contributed by atoms with Gasteiger partial charge >= 0.3 is 0 Å². The largest absolute Gasteiger partial charge is 0.496 e. The van der Waals surface area contributed by atoms with Crippen molar-refractivity contribution in [2.75, 3.05) is 26.1 Å². The number of benzene rings is 2. The van der Waals surface area contributed by atoms with Crippen LogP contribution in [0.25, 0.3) is 16.7 Å². The zero-order valence-electron chi connectivity index (χ0n) is 23.0. The second kappa shape index (κ2) is 17.8. The topological polar surface area (TPSA) is 30.5 Å². The zero-order chi connectivity index (χ0) is 27.0. The fraction of sp³-hybridized carbons (Fsp3) is 0.333. The Kier molecular flexibility index (Phi) is 16.5. The lowest BCUT2D eigenvalue weighted by atomic mass is 10.1. The van der Waals surface area contributed by atoms with Crippen LogP contribution in [0.3, 0.4) is 0 Å². The smallest absolute Gasteiger partial charge is 0.127 e. The van der Waals surface area contributed by atoms with Crippen molar-refractivity contribution in [1.82, 2.24) is 0 Å². The predicted octanol–water partition coefficient (Wildman–Crippen LogP) is 9.62. The summed E-state index contributed by atoms with van der Waals surface area (Å²) >= 11 is 1.82. The van der Waals surface area contributed by atoms with Crippen molar-refractivity contribution in [2.24, 2.45) is 0 Å². The van der Waals surface area contributed by atoms with Gasteiger partial charge in [-0.2, -0.15) is 0 Å². The highest BCUT2D eigenvalue weighted by Gasteiger charge is 2.07. The van der Waals surface area contributed by atoms with Gasteiger partial charge in [-0.15, -0.1) is 33.7 Å². The number of rotatable bonds is 6. The van der Waals surface area contributed by atoms with E-state index in [9.17, 15) is 0 Å². The van der Waals surface area contributed by atoms with Gasteiger partial charge in [-0.1, -0.05) is 49.0 Å². The van der Waals surface area contributed by atoms with Crippen LogP contribution in [0.15, 0.2) is 66.3 Å². The van der Waals surface area contributed by atoms with E-state index in [4.69, 9.17) is 9.47 Å². The number of nitrogens with one attached hydrogen (secondary N) is 1. The monoisotopic (exact) mass is 513 g/mol. The van der Waals surface area contributed by atoms with Crippen LogP contribution in [-0.4, -0.2) is 20.8 Å². The Morgan fingerprint density at radius 1 is 0.943 bits per heavy atom. The summed E-state index contributed by atoms with van der Waals surface area (Å²) in [5.41, 5.74) is 7.34. The number of hydrogen-bond acceptors (Lipinski definition) is 4. The normalized spacial score (nSPS) is 10.2. The van der Waals surface area contributed by atoms with Crippen LogP contribution in [0.5, 0.6) is 11.5 Å². The van der Waals surface area contributed by atoms with E-state index in [1.54, 1.807) is 14.2 Å². The molecule has 0 bridgehead atoms. The van der Waals surface area contributed by atoms with E-state index in [1.165, 1.54) is 32.5 Å². The van der Waals surface area contributed by atoms with Crippen LogP contribution in [0, 0.1) is 13.8 Å². The fourth-order valence-corrected chi connectivity index (χ4v) is 4.35. The molecule has 0 amide bonds. The highest BCUT2D eigenvalue weighted by molar-refractivity contribution is 7.23. The van der Waals surface area contributed by atoms with E-state index >= 15 is 0 Å². The first-order chi connectivity index (χ1) is 16.8. The molecule has 5 heteroatoms. The Morgan fingerprint density at radius 3 is 1.97 bits per heavy atom. The number of aryl methyl sites for hydroxylation is 1. The predicted molar refractivity (Wildman–Crippen MR) is 164 cm³/mol. The van der Waals surface area contributed by atoms with Crippen molar-refractivity contribution >= 4 is 31.8 Å². The number of thiophene rings is 1. The van der Waals surface area contributed by atoms with Gasteiger partial charge in [0.15, 0.2) is 0 Å². The lowest BCUT2D eigenvalue weighted by Gasteiger charge is -2.12. The van der Waals surface area contributed by atoms with E-state index in [0.29, 0.717) is 0 Å². The average Bonchev–Trinajstić information content (AvgIpc) is 3.38. The molecule has 35 heavy (non-hydrogen) atoms. The first-order valence-electron chi connectivity index (χ1n) is 11.9. The van der Waals surface area contributed by atoms with Gasteiger partial charge in [-0.05, 0) is 62.8 Å². The third-order valence-corrected chi connectivity index (χ3v) is 6.53. The minimum atomic E-state index is 0.848. The molecule has 0 radical (unpaired) electrons. The summed E-state index contributed by atoms with van der Waals surface area (Å²) in [6.07, 6.45) is 0. The molecule has 0 aliphatic heterocycles. The minimum absolute atomic E-state index is 0.848. The third kappa shape index (κ3) is 10.3. The lowest BCUT2D eigenvalue weighted by Crippen LogP contribution is -1.99. The molecule has 0 spiro atoms. The molecular formula is C30H44NO2PS. The van der Waals surface area contributed by atoms with E-state index in [1.807, 2.05) is 44.2 Å². The van der Waals surface area contributed by atoms with Crippen LogP contribution in [0.2, 0.25) is 0 Å². The Labute approximate surface area is 220 Å². The van der Waals surface area contributed by atoms with Crippen LogP contribution in [0.4, 0.5) is 5.69 Å². The van der Waals surface area contributed by atoms with Gasteiger partial charge in [-0.25, -0.2) is 0 Å². The Balaban J connectivity index is 0.000000587. The first kappa shape index (κ1) is 32.5. The molecule has 0 saturated carbocycles. The average molecular weight is 514 g/mol. The summed E-state index contributed by atoms with van der Waals surface area (Å²) in [4.78, 5) is 1.36. The molecule has 3 nitrogen and oxygen atoms in total. The van der Waals surface area contributed by atoms with Crippen molar-refractivity contribution < 1.29 is 9.47 Å². The van der Waals surface area contributed by atoms with Gasteiger partial charge in [0, 0.05) is 34.8 Å². The fourth-order valence-electron chi connectivity index (χ4n) is 3.10. The molecule has 1 atom stereocenters. The molecule has 0 fully saturated rings. The maximum atomic E-state index is 5.25. The van der Waals surface area contributed by atoms with Crippen LogP contribution < -0.4 is 14.8 Å². The molecule has 1 heterocycles. The molecule has 0 aliphatic rings. The Bertz CT molecular complexity index is 1030. The van der Waals surface area contributed by atoms with Gasteiger partial charge < -0.3 is 14.8 Å². The maximum absolute atomic E-state index is 5.25. The number of allylic oxidation sites excluding steroid dienone is 2. The molecule has 192 valence electrons. The molecule has 2 aromatic carbocycles. The summed E-state index contributed by atoms with van der Waals surface area (Å²) in [5.74, 6) is 1.70. The van der Waals surface area contributed by atoms with Crippen molar-refractivity contribution in [1.29, 1.82) is 0 Å². The standard InChI is InChI=1S/C15H17PS.C11H17NO2.C2H6.C2H4/c1-10-5-4-6-13(7-10)14-8-15(17-9-14)11(2)12(3)16;1-5-12-9-6-10(13-3)8(2)11(7-9)14-4;2*1-2/h4-9H,16H2,1-3H3;6-7,12H,5H2,1-4H3;1-2H3;1-2H2/b12-11-;;;. The van der Waals surface area contributed by atoms with Gasteiger partial charge in [0.05, 0.1) is 14.2 Å². The molecule has 1 N–H and O–H groups in total. The van der Waals surface area contributed by atoms with Crippen molar-refractivity contribution in [3.63, 3.8) is 0 Å². The van der Waals surface area contributed by atoms with Gasteiger partial charge in [0.25, 0.3) is 0 Å². The second-order valence-corrected chi connectivity index (χ2v) is 9.19. The quantitative estimate of drug-likeness (QED) is 0.263. The number of anilines is 1. The first-order valence-corrected chi connectivity index (χ1v) is 13.3. The molecule has 3 rings (SSSR count). The van der Waals surface area contributed by atoms with E-state index in [2.05, 4.69) is 91.1 Å². The third-order valence-electron chi connectivity index (χ3n) is 5.05. The van der Waals surface area contributed by atoms with Gasteiger partial charge in [-0.3, -0.25) is 0 Å². The maximum Gasteiger partial charge on any atom is 0.127 e. The zero-order valence-corrected chi connectivity index (χ0v) is 25.0. The summed E-state index contributed by atoms with van der Waals surface area (Å²) in [5, 5.41) is 6.77. The molecular weight excluding hydrogens is 469 g/mol. The summed E-state index contributed by atoms with van der Waals surface area (Å²) < 4.78 is 10.5. The van der Waals surface area contributed by atoms with Crippen molar-refractivity contribution in [2.45, 2.75) is 48.5 Å². The van der Waals surface area contributed by atoms with Crippen LogP contribution in [0.1, 0.15) is 50.6 Å². The Hall–Kier alpha value is -2.55. The molecule has 0 saturated heterocycles. The SMILES string of the molecule is C/C(P)=C(\C)c1cc(-c2cccc(C)c2)cs1.C=C.CC.CCNc1cc(OC)c(C)c(OC)c1.